The van der Waals surface area contributed by atoms with Crippen LogP contribution < -0.4 is 0 Å². The van der Waals surface area contributed by atoms with Crippen LogP contribution in [0.3, 0.4) is 0 Å². The van der Waals surface area contributed by atoms with Gasteiger partial charge in [-0.1, -0.05) is 18.2 Å². The summed E-state index contributed by atoms with van der Waals surface area (Å²) in [6.45, 7) is 1.53. The molecule has 1 aromatic carbocycles. The molecule has 1 fully saturated rings. The van der Waals surface area contributed by atoms with E-state index in [2.05, 4.69) is 4.74 Å². The molecule has 2 rings (SSSR count). The van der Waals surface area contributed by atoms with Crippen LogP contribution in [0.2, 0.25) is 0 Å². The lowest BCUT2D eigenvalue weighted by molar-refractivity contribution is -0.00211. The van der Waals surface area contributed by atoms with Crippen molar-refractivity contribution in [2.75, 3.05) is 32.6 Å². The molecule has 1 heterocycles. The standard InChI is InChI=1S/C16H23NO6S/c1-16(20,11-24(21,22)13-6-4-3-5-7-13)14-9-17(15(19)23-2)8-12(14)10-18/h3-7,12,14,18,20H,8-11H2,1-2H3/t12-,14-,16?/m0/s1. The molecule has 8 heteroatoms. The SMILES string of the molecule is COC(=O)N1C[C@@H](CO)[C@@H](C(C)(O)CS(=O)(=O)c2ccccc2)C1. The molecule has 0 bridgehead atoms. The van der Waals surface area contributed by atoms with E-state index < -0.39 is 39.1 Å². The van der Waals surface area contributed by atoms with Crippen molar-refractivity contribution in [2.24, 2.45) is 11.8 Å². The second kappa shape index (κ2) is 7.08. The number of likely N-dealkylation sites (tertiary alicyclic amines) is 1. The fourth-order valence-corrected chi connectivity index (χ4v) is 4.96. The van der Waals surface area contributed by atoms with Gasteiger partial charge in [0.2, 0.25) is 0 Å². The Kier molecular flexibility index (Phi) is 5.52. The average molecular weight is 357 g/mol. The normalized spacial score (nSPS) is 23.8. The number of benzene rings is 1. The number of carbonyl (C=O) groups excluding carboxylic acids is 1. The molecule has 24 heavy (non-hydrogen) atoms. The minimum atomic E-state index is -3.70. The number of amides is 1. The summed E-state index contributed by atoms with van der Waals surface area (Å²) >= 11 is 0. The molecule has 134 valence electrons. The van der Waals surface area contributed by atoms with Crippen LogP contribution in [0, 0.1) is 11.8 Å². The van der Waals surface area contributed by atoms with Gasteiger partial charge in [0.05, 0.1) is 23.4 Å². The van der Waals surface area contributed by atoms with Crippen LogP contribution in [0.15, 0.2) is 35.2 Å². The molecule has 0 saturated carbocycles. The number of ether oxygens (including phenoxy) is 1. The van der Waals surface area contributed by atoms with Crippen molar-refractivity contribution < 1.29 is 28.2 Å². The lowest BCUT2D eigenvalue weighted by Crippen LogP contribution is -2.46. The van der Waals surface area contributed by atoms with Gasteiger partial charge in [-0.15, -0.1) is 0 Å². The maximum absolute atomic E-state index is 12.5. The summed E-state index contributed by atoms with van der Waals surface area (Å²) in [5, 5.41) is 20.4. The molecule has 2 N–H and O–H groups in total. The Labute approximate surface area is 141 Å². The highest BCUT2D eigenvalue weighted by Crippen LogP contribution is 2.34. The lowest BCUT2D eigenvalue weighted by atomic mass is 9.83. The van der Waals surface area contributed by atoms with E-state index in [0.717, 1.165) is 0 Å². The monoisotopic (exact) mass is 357 g/mol. The van der Waals surface area contributed by atoms with Crippen molar-refractivity contribution in [3.63, 3.8) is 0 Å². The van der Waals surface area contributed by atoms with E-state index in [-0.39, 0.29) is 24.6 Å². The minimum Gasteiger partial charge on any atom is -0.453 e. The highest BCUT2D eigenvalue weighted by atomic mass is 32.2. The number of hydrogen-bond acceptors (Lipinski definition) is 6. The van der Waals surface area contributed by atoms with Crippen molar-refractivity contribution >= 4 is 15.9 Å². The predicted octanol–water partition coefficient (Wildman–Crippen LogP) is 0.518. The van der Waals surface area contributed by atoms with Crippen molar-refractivity contribution in [1.29, 1.82) is 0 Å². The predicted molar refractivity (Wildman–Crippen MR) is 87.2 cm³/mol. The van der Waals surface area contributed by atoms with Gasteiger partial charge < -0.3 is 19.8 Å². The van der Waals surface area contributed by atoms with Gasteiger partial charge in [-0.25, -0.2) is 13.2 Å². The topological polar surface area (TPSA) is 104 Å². The van der Waals surface area contributed by atoms with Crippen LogP contribution in [0.25, 0.3) is 0 Å². The Hall–Kier alpha value is -1.64. The van der Waals surface area contributed by atoms with E-state index in [1.807, 2.05) is 0 Å². The minimum absolute atomic E-state index is 0.133. The van der Waals surface area contributed by atoms with Crippen LogP contribution in [-0.4, -0.2) is 67.8 Å². The van der Waals surface area contributed by atoms with Crippen LogP contribution in [-0.2, 0) is 14.6 Å². The Morgan fingerprint density at radius 1 is 1.33 bits per heavy atom. The van der Waals surface area contributed by atoms with E-state index in [1.165, 1.54) is 31.1 Å². The van der Waals surface area contributed by atoms with Gasteiger partial charge in [0.25, 0.3) is 0 Å². The summed E-state index contributed by atoms with van der Waals surface area (Å²) < 4.78 is 29.8. The Morgan fingerprint density at radius 3 is 2.50 bits per heavy atom. The largest absolute Gasteiger partial charge is 0.453 e. The summed E-state index contributed by atoms with van der Waals surface area (Å²) in [6, 6.07) is 7.90. The summed E-state index contributed by atoms with van der Waals surface area (Å²) in [7, 11) is -2.45. The summed E-state index contributed by atoms with van der Waals surface area (Å²) in [4.78, 5) is 13.2. The van der Waals surface area contributed by atoms with Gasteiger partial charge in [0.1, 0.15) is 0 Å². The Balaban J connectivity index is 2.21. The molecule has 1 aliphatic heterocycles. The second-order valence-electron chi connectivity index (χ2n) is 6.35. The van der Waals surface area contributed by atoms with Gasteiger partial charge in [-0.2, -0.15) is 0 Å². The summed E-state index contributed by atoms with van der Waals surface area (Å²) in [5.74, 6) is -1.47. The smallest absolute Gasteiger partial charge is 0.409 e. The Morgan fingerprint density at radius 2 is 1.96 bits per heavy atom. The first-order valence-electron chi connectivity index (χ1n) is 7.65. The molecule has 1 saturated heterocycles. The molecular weight excluding hydrogens is 334 g/mol. The number of aliphatic hydroxyl groups is 2. The van der Waals surface area contributed by atoms with E-state index in [0.29, 0.717) is 0 Å². The molecule has 0 radical (unpaired) electrons. The molecule has 0 aliphatic carbocycles. The zero-order valence-corrected chi connectivity index (χ0v) is 14.6. The molecule has 1 unspecified atom stereocenters. The molecule has 0 aromatic heterocycles. The first kappa shape index (κ1) is 18.7. The second-order valence-corrected chi connectivity index (χ2v) is 8.34. The highest BCUT2D eigenvalue weighted by molar-refractivity contribution is 7.91. The number of hydrogen-bond donors (Lipinski definition) is 2. The van der Waals surface area contributed by atoms with E-state index >= 15 is 0 Å². The van der Waals surface area contributed by atoms with Crippen LogP contribution >= 0.6 is 0 Å². The third kappa shape index (κ3) is 3.88. The van der Waals surface area contributed by atoms with Crippen LogP contribution in [0.4, 0.5) is 4.79 Å². The average Bonchev–Trinajstić information content (AvgIpc) is 2.99. The third-order valence-corrected chi connectivity index (χ3v) is 6.45. The molecule has 0 spiro atoms. The first-order chi connectivity index (χ1) is 11.2. The van der Waals surface area contributed by atoms with Crippen molar-refractivity contribution in [3.8, 4) is 0 Å². The zero-order valence-electron chi connectivity index (χ0n) is 13.8. The van der Waals surface area contributed by atoms with Crippen LogP contribution in [0.5, 0.6) is 0 Å². The first-order valence-corrected chi connectivity index (χ1v) is 9.30. The lowest BCUT2D eigenvalue weighted by Gasteiger charge is -2.32. The Bertz CT molecular complexity index is 673. The number of nitrogens with zero attached hydrogens (tertiary/aromatic N) is 1. The molecule has 1 aliphatic rings. The summed E-state index contributed by atoms with van der Waals surface area (Å²) in [6.07, 6.45) is -0.558. The summed E-state index contributed by atoms with van der Waals surface area (Å²) in [5.41, 5.74) is -1.59. The molecule has 1 aromatic rings. The van der Waals surface area contributed by atoms with Crippen LogP contribution in [0.1, 0.15) is 6.92 Å². The molecule has 1 amide bonds. The quantitative estimate of drug-likeness (QED) is 0.796. The molecular formula is C16H23NO6S. The number of methoxy groups -OCH3 is 1. The number of carbonyl (C=O) groups is 1. The van der Waals surface area contributed by atoms with E-state index in [1.54, 1.807) is 18.2 Å². The maximum atomic E-state index is 12.5. The van der Waals surface area contributed by atoms with Gasteiger partial charge in [-0.3, -0.25) is 0 Å². The fraction of sp³-hybridized carbons (Fsp3) is 0.562. The van der Waals surface area contributed by atoms with Crippen molar-refractivity contribution in [3.05, 3.63) is 30.3 Å². The van der Waals surface area contributed by atoms with Gasteiger partial charge in [-0.05, 0) is 19.1 Å². The van der Waals surface area contributed by atoms with Crippen molar-refractivity contribution in [1.82, 2.24) is 4.90 Å². The number of rotatable bonds is 5. The van der Waals surface area contributed by atoms with Gasteiger partial charge in [0.15, 0.2) is 9.84 Å². The third-order valence-electron chi connectivity index (χ3n) is 4.49. The van der Waals surface area contributed by atoms with Gasteiger partial charge >= 0.3 is 6.09 Å². The fourth-order valence-electron chi connectivity index (χ4n) is 3.24. The maximum Gasteiger partial charge on any atom is 0.409 e. The number of sulfone groups is 1. The molecule has 7 nitrogen and oxygen atoms in total. The van der Waals surface area contributed by atoms with E-state index in [4.69, 9.17) is 0 Å². The van der Waals surface area contributed by atoms with Crippen molar-refractivity contribution in [2.45, 2.75) is 17.4 Å². The highest BCUT2D eigenvalue weighted by Gasteiger charge is 2.47. The zero-order chi connectivity index (χ0) is 18.0. The van der Waals surface area contributed by atoms with E-state index in [9.17, 15) is 23.4 Å². The molecule has 3 atom stereocenters. The van der Waals surface area contributed by atoms with Gasteiger partial charge in [0, 0.05) is 31.5 Å². The number of aliphatic hydroxyl groups excluding tert-OH is 1.